The first-order valence-electron chi connectivity index (χ1n) is 9.30. The molecule has 0 aliphatic carbocycles. The summed E-state index contributed by atoms with van der Waals surface area (Å²) in [4.78, 5) is 49.5. The van der Waals surface area contributed by atoms with Gasteiger partial charge < -0.3 is 48.7 Å². The first-order chi connectivity index (χ1) is 14.2. The van der Waals surface area contributed by atoms with Crippen LogP contribution in [0.4, 0.5) is 0 Å². The van der Waals surface area contributed by atoms with E-state index in [-0.39, 0.29) is 31.3 Å². The fourth-order valence-corrected chi connectivity index (χ4v) is 1.60. The zero-order chi connectivity index (χ0) is 25.1. The fraction of sp³-hybridized carbons (Fsp3) is 0.706. The number of carbonyl (C=O) groups is 5. The number of rotatable bonds is 8. The van der Waals surface area contributed by atoms with E-state index < -0.39 is 41.9 Å². The van der Waals surface area contributed by atoms with Crippen LogP contribution < -0.4 is 28.3 Å². The highest BCUT2D eigenvalue weighted by atomic mass is 16.4. The number of carboxylic acid groups (broad SMARTS) is 4. The number of aliphatic carboxylic acids is 4. The number of hydrogen-bond acceptors (Lipinski definition) is 9. The molecule has 14 nitrogen and oxygen atoms in total. The van der Waals surface area contributed by atoms with Crippen LogP contribution >= 0.6 is 0 Å². The maximum absolute atomic E-state index is 10.1. The molecule has 31 heavy (non-hydrogen) atoms. The average molecular weight is 453 g/mol. The molecular formula is C17H35N5O9. The number of hydrogen-bond donors (Lipinski definition) is 9. The van der Waals surface area contributed by atoms with Crippen molar-refractivity contribution in [3.8, 4) is 0 Å². The van der Waals surface area contributed by atoms with Crippen LogP contribution in [0.3, 0.4) is 0 Å². The highest BCUT2D eigenvalue weighted by molar-refractivity contribution is 5.77. The summed E-state index contributed by atoms with van der Waals surface area (Å²) in [5.74, 6) is -4.24. The lowest BCUT2D eigenvalue weighted by molar-refractivity contribution is -0.140. The van der Waals surface area contributed by atoms with Crippen molar-refractivity contribution in [2.45, 2.75) is 57.7 Å². The van der Waals surface area contributed by atoms with Gasteiger partial charge in [-0.05, 0) is 31.7 Å². The van der Waals surface area contributed by atoms with E-state index in [9.17, 15) is 24.0 Å². The van der Waals surface area contributed by atoms with Gasteiger partial charge in [-0.3, -0.25) is 24.0 Å². The van der Waals surface area contributed by atoms with E-state index in [1.807, 2.05) is 0 Å². The molecule has 1 rings (SSSR count). The molecule has 13 N–H and O–H groups in total. The predicted molar refractivity (Wildman–Crippen MR) is 110 cm³/mol. The van der Waals surface area contributed by atoms with Gasteiger partial charge in [-0.25, -0.2) is 0 Å². The predicted octanol–water partition coefficient (Wildman–Crippen LogP) is -2.43. The Morgan fingerprint density at radius 1 is 1.00 bits per heavy atom. The molecule has 0 spiro atoms. The van der Waals surface area contributed by atoms with E-state index in [1.54, 1.807) is 13.8 Å². The van der Waals surface area contributed by atoms with E-state index >= 15 is 0 Å². The van der Waals surface area contributed by atoms with Crippen molar-refractivity contribution in [3.05, 3.63) is 0 Å². The van der Waals surface area contributed by atoms with Gasteiger partial charge in [0, 0.05) is 6.42 Å². The van der Waals surface area contributed by atoms with Gasteiger partial charge in [0.25, 0.3) is 0 Å². The summed E-state index contributed by atoms with van der Waals surface area (Å²) in [7, 11) is 0. The molecule has 0 aromatic carbocycles. The lowest BCUT2D eigenvalue weighted by Crippen LogP contribution is -2.34. The zero-order valence-electron chi connectivity index (χ0n) is 17.7. The van der Waals surface area contributed by atoms with Crippen molar-refractivity contribution in [1.82, 2.24) is 5.32 Å². The Kier molecular flexibility index (Phi) is 20.3. The second-order valence-electron chi connectivity index (χ2n) is 6.64. The number of carbonyl (C=O) groups excluding carboxylic acids is 1. The Balaban J connectivity index is -0.000000346. The third kappa shape index (κ3) is 23.3. The number of amides is 1. The molecule has 1 aliphatic heterocycles. The van der Waals surface area contributed by atoms with E-state index in [1.165, 1.54) is 0 Å². The van der Waals surface area contributed by atoms with Crippen molar-refractivity contribution in [1.29, 1.82) is 0 Å². The topological polar surface area (TPSA) is 282 Å². The molecule has 0 radical (unpaired) electrons. The molecule has 3 atom stereocenters. The minimum Gasteiger partial charge on any atom is -0.480 e. The summed E-state index contributed by atoms with van der Waals surface area (Å²) in [5, 5.41) is 35.2. The summed E-state index contributed by atoms with van der Waals surface area (Å²) < 4.78 is 0. The van der Waals surface area contributed by atoms with Gasteiger partial charge in [0.2, 0.25) is 5.91 Å². The molecule has 1 fully saturated rings. The van der Waals surface area contributed by atoms with E-state index in [0.29, 0.717) is 0 Å². The first-order valence-corrected chi connectivity index (χ1v) is 9.30. The Bertz CT molecular complexity index is 554. The molecular weight excluding hydrogens is 418 g/mol. The lowest BCUT2D eigenvalue weighted by atomic mass is 10.1. The molecule has 14 heteroatoms. The second kappa shape index (κ2) is 19.2. The normalized spacial score (nSPS) is 16.1. The van der Waals surface area contributed by atoms with Crippen LogP contribution in [0.25, 0.3) is 0 Å². The monoisotopic (exact) mass is 453 g/mol. The Labute approximate surface area is 179 Å². The summed E-state index contributed by atoms with van der Waals surface area (Å²) in [6.07, 6.45) is 1.91. The van der Waals surface area contributed by atoms with Crippen LogP contribution in [-0.2, 0) is 24.0 Å². The van der Waals surface area contributed by atoms with Crippen LogP contribution in [0.5, 0.6) is 0 Å². The molecule has 0 saturated carbocycles. The van der Waals surface area contributed by atoms with Crippen molar-refractivity contribution < 1.29 is 44.4 Å². The Hall–Kier alpha value is -2.81. The highest BCUT2D eigenvalue weighted by Gasteiger charge is 2.20. The van der Waals surface area contributed by atoms with Crippen molar-refractivity contribution in [2.75, 3.05) is 13.1 Å². The van der Waals surface area contributed by atoms with Crippen LogP contribution in [0.2, 0.25) is 0 Å². The molecule has 2 unspecified atom stereocenters. The minimum absolute atomic E-state index is 0.0208. The Morgan fingerprint density at radius 2 is 1.48 bits per heavy atom. The standard InChI is InChI=1S/C5H10N2O3.C5H9NO2.C5H11NO2.C2H5NO2/c6-3(5(9)10)1-2-4(7)8;7-5(8)4-2-1-3-6-4;1-3(2)4(6)5(7)8;3-1-2(4)5/h3H,1-2,6H2,(H2,7,8)(H,9,10);4,6H,1-3H2,(H,7,8);3-4H,6H2,1-2H3,(H,7,8);1,3H2,(H,4,5)/t;4-;;/m.0../s1. The zero-order valence-corrected chi connectivity index (χ0v) is 17.7. The van der Waals surface area contributed by atoms with Crippen molar-refractivity contribution in [3.63, 3.8) is 0 Å². The van der Waals surface area contributed by atoms with Gasteiger partial charge in [-0.2, -0.15) is 0 Å². The van der Waals surface area contributed by atoms with Crippen molar-refractivity contribution >= 4 is 29.8 Å². The van der Waals surface area contributed by atoms with Gasteiger partial charge in [-0.1, -0.05) is 13.8 Å². The quantitative estimate of drug-likeness (QED) is 0.185. The maximum Gasteiger partial charge on any atom is 0.320 e. The molecule has 0 bridgehead atoms. The molecule has 0 aromatic heterocycles. The van der Waals surface area contributed by atoms with Crippen LogP contribution in [0, 0.1) is 5.92 Å². The molecule has 1 aliphatic rings. The van der Waals surface area contributed by atoms with Gasteiger partial charge in [-0.15, -0.1) is 0 Å². The highest BCUT2D eigenvalue weighted by Crippen LogP contribution is 2.03. The number of nitrogens with two attached hydrogens (primary N) is 4. The molecule has 1 amide bonds. The second-order valence-corrected chi connectivity index (χ2v) is 6.64. The first kappa shape index (κ1) is 32.8. The number of carboxylic acids is 4. The lowest BCUT2D eigenvalue weighted by Gasteiger charge is -2.07. The number of nitrogens with one attached hydrogen (secondary N) is 1. The minimum atomic E-state index is -1.11. The van der Waals surface area contributed by atoms with Gasteiger partial charge in [0.1, 0.15) is 18.1 Å². The molecule has 1 heterocycles. The third-order valence-electron chi connectivity index (χ3n) is 3.56. The summed E-state index contributed by atoms with van der Waals surface area (Å²) in [6, 6.07) is -1.96. The van der Waals surface area contributed by atoms with Crippen LogP contribution in [-0.4, -0.2) is 81.4 Å². The SMILES string of the molecule is CC(C)C(N)C(=O)O.NC(=O)CCC(N)C(=O)O.NCC(=O)O.O=C(O)[C@@H]1CCCN1. The smallest absolute Gasteiger partial charge is 0.320 e. The summed E-state index contributed by atoms with van der Waals surface area (Å²) in [5.41, 5.74) is 19.5. The summed E-state index contributed by atoms with van der Waals surface area (Å²) in [6.45, 7) is 4.13. The molecule has 182 valence electrons. The van der Waals surface area contributed by atoms with Gasteiger partial charge in [0.15, 0.2) is 0 Å². The van der Waals surface area contributed by atoms with Gasteiger partial charge in [0.05, 0.1) is 6.54 Å². The summed E-state index contributed by atoms with van der Waals surface area (Å²) >= 11 is 0. The van der Waals surface area contributed by atoms with Gasteiger partial charge >= 0.3 is 23.9 Å². The number of primary amides is 1. The fourth-order valence-electron chi connectivity index (χ4n) is 1.60. The third-order valence-corrected chi connectivity index (χ3v) is 3.56. The maximum atomic E-state index is 10.1. The van der Waals surface area contributed by atoms with E-state index in [0.717, 1.165) is 19.4 Å². The molecule has 1 saturated heterocycles. The molecule has 0 aromatic rings. The van der Waals surface area contributed by atoms with E-state index in [4.69, 9.17) is 37.6 Å². The van der Waals surface area contributed by atoms with Crippen LogP contribution in [0.15, 0.2) is 0 Å². The van der Waals surface area contributed by atoms with E-state index in [2.05, 4.69) is 11.1 Å². The largest absolute Gasteiger partial charge is 0.480 e. The average Bonchev–Trinajstić information content (AvgIpc) is 3.21. The van der Waals surface area contributed by atoms with Crippen molar-refractivity contribution in [2.24, 2.45) is 28.9 Å². The Morgan fingerprint density at radius 3 is 1.65 bits per heavy atom. The van der Waals surface area contributed by atoms with Crippen LogP contribution in [0.1, 0.15) is 39.5 Å².